The van der Waals surface area contributed by atoms with Gasteiger partial charge in [-0.3, -0.25) is 9.88 Å². The highest BCUT2D eigenvalue weighted by atomic mass is 16.5. The van der Waals surface area contributed by atoms with Crippen LogP contribution in [0.2, 0.25) is 0 Å². The van der Waals surface area contributed by atoms with Gasteiger partial charge in [-0.25, -0.2) is 0 Å². The lowest BCUT2D eigenvalue weighted by Gasteiger charge is -2.25. The number of ether oxygens (including phenoxy) is 1. The third kappa shape index (κ3) is 2.83. The first-order valence-corrected chi connectivity index (χ1v) is 7.14. The Morgan fingerprint density at radius 3 is 2.90 bits per heavy atom. The predicted molar refractivity (Wildman–Crippen MR) is 79.6 cm³/mol. The van der Waals surface area contributed by atoms with Gasteiger partial charge in [-0.05, 0) is 54.8 Å². The quantitative estimate of drug-likeness (QED) is 0.849. The summed E-state index contributed by atoms with van der Waals surface area (Å²) in [5.74, 6) is 0.933. The number of rotatable bonds is 4. The normalized spacial score (nSPS) is 19.1. The van der Waals surface area contributed by atoms with E-state index >= 15 is 0 Å². The van der Waals surface area contributed by atoms with E-state index in [1.54, 1.807) is 7.11 Å². The van der Waals surface area contributed by atoms with Crippen molar-refractivity contribution < 1.29 is 4.74 Å². The Morgan fingerprint density at radius 2 is 2.10 bits per heavy atom. The van der Waals surface area contributed by atoms with E-state index in [1.807, 2.05) is 18.5 Å². The molecule has 1 aliphatic rings. The summed E-state index contributed by atoms with van der Waals surface area (Å²) in [5, 5.41) is 0. The highest BCUT2D eigenvalue weighted by Gasteiger charge is 2.25. The first-order valence-electron chi connectivity index (χ1n) is 7.14. The Labute approximate surface area is 120 Å². The van der Waals surface area contributed by atoms with Crippen LogP contribution in [0.3, 0.4) is 0 Å². The van der Waals surface area contributed by atoms with E-state index in [0.29, 0.717) is 6.04 Å². The second kappa shape index (κ2) is 6.06. The van der Waals surface area contributed by atoms with Gasteiger partial charge in [0.05, 0.1) is 7.11 Å². The molecule has 1 aromatic carbocycles. The molecule has 1 unspecified atom stereocenters. The van der Waals surface area contributed by atoms with Crippen molar-refractivity contribution >= 4 is 0 Å². The molecule has 0 saturated carbocycles. The van der Waals surface area contributed by atoms with E-state index in [4.69, 9.17) is 4.74 Å². The molecule has 0 spiro atoms. The Kier molecular flexibility index (Phi) is 3.97. The molecular formula is C17H20N2O. The average molecular weight is 268 g/mol. The molecule has 104 valence electrons. The number of likely N-dealkylation sites (tertiary alicyclic amines) is 1. The first kappa shape index (κ1) is 13.1. The number of methoxy groups -OCH3 is 1. The van der Waals surface area contributed by atoms with Crippen molar-refractivity contribution in [1.82, 2.24) is 9.88 Å². The fraction of sp³-hybridized carbons (Fsp3) is 0.353. The number of hydrogen-bond acceptors (Lipinski definition) is 3. The van der Waals surface area contributed by atoms with Gasteiger partial charge in [-0.2, -0.15) is 0 Å². The fourth-order valence-electron chi connectivity index (χ4n) is 2.98. The van der Waals surface area contributed by atoms with E-state index in [1.165, 1.54) is 24.0 Å². The molecule has 3 rings (SSSR count). The molecule has 2 heterocycles. The molecule has 1 atom stereocenters. The van der Waals surface area contributed by atoms with E-state index in [9.17, 15) is 0 Å². The fourth-order valence-corrected chi connectivity index (χ4v) is 2.98. The Hall–Kier alpha value is -1.87. The highest BCUT2D eigenvalue weighted by Crippen LogP contribution is 2.33. The zero-order valence-corrected chi connectivity index (χ0v) is 11.8. The van der Waals surface area contributed by atoms with E-state index in [0.717, 1.165) is 18.8 Å². The zero-order chi connectivity index (χ0) is 13.8. The maximum Gasteiger partial charge on any atom is 0.119 e. The van der Waals surface area contributed by atoms with Crippen molar-refractivity contribution in [3.8, 4) is 5.75 Å². The van der Waals surface area contributed by atoms with Crippen molar-refractivity contribution in [3.63, 3.8) is 0 Å². The average Bonchev–Trinajstić information content (AvgIpc) is 2.96. The summed E-state index contributed by atoms with van der Waals surface area (Å²) >= 11 is 0. The van der Waals surface area contributed by atoms with Crippen LogP contribution in [0.4, 0.5) is 0 Å². The zero-order valence-electron chi connectivity index (χ0n) is 11.8. The summed E-state index contributed by atoms with van der Waals surface area (Å²) in [4.78, 5) is 6.66. The number of aromatic nitrogens is 1. The predicted octanol–water partition coefficient (Wildman–Crippen LogP) is 3.43. The van der Waals surface area contributed by atoms with Crippen LogP contribution in [0.1, 0.15) is 30.0 Å². The maximum absolute atomic E-state index is 5.30. The van der Waals surface area contributed by atoms with E-state index in [-0.39, 0.29) is 0 Å². The summed E-state index contributed by atoms with van der Waals surface area (Å²) in [6.07, 6.45) is 6.26. The molecule has 0 radical (unpaired) electrons. The third-order valence-corrected chi connectivity index (χ3v) is 3.97. The molecule has 1 aromatic heterocycles. The van der Waals surface area contributed by atoms with Crippen LogP contribution in [0, 0.1) is 0 Å². The molecule has 3 nitrogen and oxygen atoms in total. The Balaban J connectivity index is 1.76. The lowest BCUT2D eigenvalue weighted by atomic mass is 10.1. The summed E-state index contributed by atoms with van der Waals surface area (Å²) in [6.45, 7) is 2.13. The van der Waals surface area contributed by atoms with Gasteiger partial charge < -0.3 is 4.74 Å². The van der Waals surface area contributed by atoms with Gasteiger partial charge in [0.25, 0.3) is 0 Å². The van der Waals surface area contributed by atoms with Crippen LogP contribution < -0.4 is 4.74 Å². The minimum absolute atomic E-state index is 0.518. The molecule has 20 heavy (non-hydrogen) atoms. The van der Waals surface area contributed by atoms with Crippen LogP contribution in [-0.4, -0.2) is 23.5 Å². The molecular weight excluding hydrogens is 248 g/mol. The van der Waals surface area contributed by atoms with Gasteiger partial charge in [0.15, 0.2) is 0 Å². The summed E-state index contributed by atoms with van der Waals surface area (Å²) in [5.41, 5.74) is 2.69. The van der Waals surface area contributed by atoms with Gasteiger partial charge in [0.1, 0.15) is 5.75 Å². The highest BCUT2D eigenvalue weighted by molar-refractivity contribution is 5.28. The van der Waals surface area contributed by atoms with Gasteiger partial charge >= 0.3 is 0 Å². The van der Waals surface area contributed by atoms with Crippen molar-refractivity contribution in [2.24, 2.45) is 0 Å². The lowest BCUT2D eigenvalue weighted by Crippen LogP contribution is -2.22. The molecule has 1 fully saturated rings. The van der Waals surface area contributed by atoms with Crippen LogP contribution in [0.5, 0.6) is 5.75 Å². The second-order valence-electron chi connectivity index (χ2n) is 5.26. The molecule has 1 aliphatic heterocycles. The summed E-state index contributed by atoms with van der Waals surface area (Å²) in [7, 11) is 1.72. The largest absolute Gasteiger partial charge is 0.497 e. The van der Waals surface area contributed by atoms with Crippen LogP contribution in [0.15, 0.2) is 48.8 Å². The molecule has 1 saturated heterocycles. The summed E-state index contributed by atoms with van der Waals surface area (Å²) in [6, 6.07) is 13.1. The van der Waals surface area contributed by atoms with Gasteiger partial charge in [0, 0.05) is 25.0 Å². The number of pyridine rings is 1. The lowest BCUT2D eigenvalue weighted by molar-refractivity contribution is 0.248. The van der Waals surface area contributed by atoms with Crippen LogP contribution >= 0.6 is 0 Å². The van der Waals surface area contributed by atoms with E-state index < -0.39 is 0 Å². The van der Waals surface area contributed by atoms with Gasteiger partial charge in [-0.15, -0.1) is 0 Å². The third-order valence-electron chi connectivity index (χ3n) is 3.97. The Morgan fingerprint density at radius 1 is 1.25 bits per heavy atom. The van der Waals surface area contributed by atoms with Gasteiger partial charge in [-0.1, -0.05) is 12.1 Å². The minimum atomic E-state index is 0.518. The Bertz CT molecular complexity index is 556. The second-order valence-corrected chi connectivity index (χ2v) is 5.26. The first-order chi connectivity index (χ1) is 9.86. The van der Waals surface area contributed by atoms with Crippen molar-refractivity contribution in [2.75, 3.05) is 13.7 Å². The van der Waals surface area contributed by atoms with Crippen molar-refractivity contribution in [1.29, 1.82) is 0 Å². The van der Waals surface area contributed by atoms with E-state index in [2.05, 4.69) is 40.2 Å². The molecule has 0 bridgehead atoms. The molecule has 0 amide bonds. The van der Waals surface area contributed by atoms with Crippen molar-refractivity contribution in [3.05, 3.63) is 59.9 Å². The number of nitrogens with zero attached hydrogens (tertiary/aromatic N) is 2. The monoisotopic (exact) mass is 268 g/mol. The molecule has 3 heteroatoms. The SMILES string of the molecule is COc1cccc(CN2CCCC2c2ccncc2)c1. The molecule has 0 N–H and O–H groups in total. The van der Waals surface area contributed by atoms with Crippen LogP contribution in [-0.2, 0) is 6.54 Å². The van der Waals surface area contributed by atoms with Crippen molar-refractivity contribution in [2.45, 2.75) is 25.4 Å². The van der Waals surface area contributed by atoms with Crippen LogP contribution in [0.25, 0.3) is 0 Å². The maximum atomic E-state index is 5.30. The smallest absolute Gasteiger partial charge is 0.119 e. The number of benzene rings is 1. The molecule has 0 aliphatic carbocycles. The topological polar surface area (TPSA) is 25.4 Å². The minimum Gasteiger partial charge on any atom is -0.497 e. The standard InChI is InChI=1S/C17H20N2O/c1-20-16-5-2-4-14(12-16)13-19-11-3-6-17(19)15-7-9-18-10-8-15/h2,4-5,7-10,12,17H,3,6,11,13H2,1H3. The molecule has 2 aromatic rings. The summed E-state index contributed by atoms with van der Waals surface area (Å²) < 4.78 is 5.30. The van der Waals surface area contributed by atoms with Gasteiger partial charge in [0.2, 0.25) is 0 Å². The number of hydrogen-bond donors (Lipinski definition) is 0.